The van der Waals surface area contributed by atoms with Crippen LogP contribution in [0.3, 0.4) is 0 Å². The number of rotatable bonds is 5. The molecule has 0 unspecified atom stereocenters. The lowest BCUT2D eigenvalue weighted by Gasteiger charge is -2.37. The second-order valence-electron chi connectivity index (χ2n) is 8.02. The van der Waals surface area contributed by atoms with Crippen LogP contribution < -0.4 is 9.47 Å². The van der Waals surface area contributed by atoms with E-state index in [-0.39, 0.29) is 31.1 Å². The second-order valence-corrected chi connectivity index (χ2v) is 8.02. The molecule has 3 heterocycles. The van der Waals surface area contributed by atoms with Gasteiger partial charge in [0.25, 0.3) is 0 Å². The Labute approximate surface area is 175 Å². The van der Waals surface area contributed by atoms with Gasteiger partial charge >= 0.3 is 0 Å². The lowest BCUT2D eigenvalue weighted by atomic mass is 10.1. The third-order valence-electron chi connectivity index (χ3n) is 6.09. The predicted octanol–water partition coefficient (Wildman–Crippen LogP) is 1.86. The summed E-state index contributed by atoms with van der Waals surface area (Å²) >= 11 is 0. The number of hydrogen-bond donors (Lipinski definition) is 0. The van der Waals surface area contributed by atoms with Crippen molar-refractivity contribution in [3.05, 3.63) is 59.7 Å². The molecule has 3 aliphatic rings. The van der Waals surface area contributed by atoms with Gasteiger partial charge in [-0.25, -0.2) is 0 Å². The molecule has 7 nitrogen and oxygen atoms in total. The van der Waals surface area contributed by atoms with E-state index in [1.807, 2.05) is 42.5 Å². The van der Waals surface area contributed by atoms with Crippen LogP contribution in [0.25, 0.3) is 0 Å². The molecular formula is C23H25N3O4. The van der Waals surface area contributed by atoms with Crippen LogP contribution in [0.15, 0.2) is 48.5 Å². The maximum absolute atomic E-state index is 12.9. The second kappa shape index (κ2) is 8.08. The number of piperazine rings is 1. The molecule has 0 saturated carbocycles. The number of fused-ring (bicyclic) bond motifs is 1. The third-order valence-corrected chi connectivity index (χ3v) is 6.09. The van der Waals surface area contributed by atoms with E-state index in [0.717, 1.165) is 49.8 Å². The van der Waals surface area contributed by atoms with Crippen LogP contribution in [0.4, 0.5) is 0 Å². The summed E-state index contributed by atoms with van der Waals surface area (Å²) in [6, 6.07) is 15.4. The van der Waals surface area contributed by atoms with Gasteiger partial charge in [-0.15, -0.1) is 0 Å². The molecule has 0 bridgehead atoms. The van der Waals surface area contributed by atoms with Crippen molar-refractivity contribution in [3.63, 3.8) is 0 Å². The van der Waals surface area contributed by atoms with E-state index in [4.69, 9.17) is 9.47 Å². The van der Waals surface area contributed by atoms with E-state index >= 15 is 0 Å². The largest absolute Gasteiger partial charge is 0.454 e. The Morgan fingerprint density at radius 3 is 2.40 bits per heavy atom. The highest BCUT2D eigenvalue weighted by Gasteiger charge is 2.42. The topological polar surface area (TPSA) is 62.3 Å². The summed E-state index contributed by atoms with van der Waals surface area (Å²) in [6.45, 7) is 4.78. The van der Waals surface area contributed by atoms with Crippen LogP contribution in [-0.2, 0) is 22.7 Å². The average Bonchev–Trinajstić information content (AvgIpc) is 3.34. The van der Waals surface area contributed by atoms with Crippen molar-refractivity contribution >= 4 is 11.8 Å². The van der Waals surface area contributed by atoms with Crippen molar-refractivity contribution in [3.8, 4) is 11.5 Å². The summed E-state index contributed by atoms with van der Waals surface area (Å²) in [4.78, 5) is 31.4. The molecule has 156 valence electrons. The first-order valence-electron chi connectivity index (χ1n) is 10.4. The van der Waals surface area contributed by atoms with Crippen molar-refractivity contribution in [1.29, 1.82) is 0 Å². The van der Waals surface area contributed by atoms with Crippen LogP contribution >= 0.6 is 0 Å². The van der Waals surface area contributed by atoms with Gasteiger partial charge < -0.3 is 9.47 Å². The van der Waals surface area contributed by atoms with Crippen LogP contribution in [0, 0.1) is 0 Å². The normalized spacial score (nSPS) is 22.1. The lowest BCUT2D eigenvalue weighted by molar-refractivity contribution is -0.140. The number of ether oxygens (including phenoxy) is 2. The third kappa shape index (κ3) is 3.78. The maximum Gasteiger partial charge on any atom is 0.247 e. The number of amides is 2. The highest BCUT2D eigenvalue weighted by atomic mass is 16.7. The molecule has 7 heteroatoms. The van der Waals surface area contributed by atoms with Gasteiger partial charge in [-0.1, -0.05) is 36.4 Å². The zero-order valence-corrected chi connectivity index (χ0v) is 16.8. The zero-order chi connectivity index (χ0) is 20.5. The first-order valence-corrected chi connectivity index (χ1v) is 10.4. The predicted molar refractivity (Wildman–Crippen MR) is 110 cm³/mol. The molecule has 0 radical (unpaired) electrons. The van der Waals surface area contributed by atoms with Crippen molar-refractivity contribution in [2.24, 2.45) is 0 Å². The van der Waals surface area contributed by atoms with Crippen LogP contribution in [0.2, 0.25) is 0 Å². The number of benzene rings is 2. The fourth-order valence-corrected chi connectivity index (χ4v) is 4.41. The smallest absolute Gasteiger partial charge is 0.247 e. The van der Waals surface area contributed by atoms with Crippen molar-refractivity contribution in [2.75, 3.05) is 33.0 Å². The fraction of sp³-hybridized carbons (Fsp3) is 0.391. The monoisotopic (exact) mass is 407 g/mol. The van der Waals surface area contributed by atoms with E-state index in [1.165, 1.54) is 10.5 Å². The van der Waals surface area contributed by atoms with Gasteiger partial charge in [-0.3, -0.25) is 24.3 Å². The van der Waals surface area contributed by atoms with Gasteiger partial charge in [-0.2, -0.15) is 0 Å². The van der Waals surface area contributed by atoms with Gasteiger partial charge in [-0.05, 0) is 23.3 Å². The quantitative estimate of drug-likeness (QED) is 0.705. The molecule has 1 atom stereocenters. The number of carbonyl (C=O) groups excluding carboxylic acids is 2. The summed E-state index contributed by atoms with van der Waals surface area (Å²) in [5.74, 6) is 1.47. The number of likely N-dealkylation sites (tertiary alicyclic amines) is 1. The Hall–Kier alpha value is -2.90. The molecule has 2 amide bonds. The summed E-state index contributed by atoms with van der Waals surface area (Å²) in [5, 5.41) is 0. The summed E-state index contributed by atoms with van der Waals surface area (Å²) in [5.41, 5.74) is 2.17. The fourth-order valence-electron chi connectivity index (χ4n) is 4.41. The minimum absolute atomic E-state index is 0.0620. The molecule has 0 aliphatic carbocycles. The van der Waals surface area contributed by atoms with E-state index in [2.05, 4.69) is 15.9 Å². The Kier molecular flexibility index (Phi) is 5.14. The van der Waals surface area contributed by atoms with Gasteiger partial charge in [0, 0.05) is 32.7 Å². The Bertz CT molecular complexity index is 941. The van der Waals surface area contributed by atoms with Crippen molar-refractivity contribution in [2.45, 2.75) is 25.6 Å². The highest BCUT2D eigenvalue weighted by Crippen LogP contribution is 2.33. The minimum atomic E-state index is -0.325. The molecule has 30 heavy (non-hydrogen) atoms. The molecule has 2 aromatic carbocycles. The van der Waals surface area contributed by atoms with E-state index in [0.29, 0.717) is 6.54 Å². The first-order chi connectivity index (χ1) is 14.7. The first kappa shape index (κ1) is 19.1. The molecule has 0 aromatic heterocycles. The number of carbonyl (C=O) groups is 2. The Morgan fingerprint density at radius 2 is 1.60 bits per heavy atom. The van der Waals surface area contributed by atoms with Crippen LogP contribution in [-0.4, -0.2) is 65.5 Å². The molecule has 2 aromatic rings. The number of nitrogens with zero attached hydrogens (tertiary/aromatic N) is 3. The lowest BCUT2D eigenvalue weighted by Crippen LogP contribution is -2.52. The molecule has 5 rings (SSSR count). The van der Waals surface area contributed by atoms with Crippen molar-refractivity contribution in [1.82, 2.24) is 14.7 Å². The van der Waals surface area contributed by atoms with Crippen molar-refractivity contribution < 1.29 is 19.1 Å². The molecule has 0 N–H and O–H groups in total. The standard InChI is InChI=1S/C23H25N3O4/c27-22-13-19(23(28)26(22)15-17-4-2-1-3-5-17)25-10-8-24(9-11-25)14-18-6-7-20-21(12-18)30-16-29-20/h1-7,12,19H,8-11,13-16H2/t19-/m1/s1. The molecule has 0 spiro atoms. The average molecular weight is 407 g/mol. The van der Waals surface area contributed by atoms with Gasteiger partial charge in [0.15, 0.2) is 11.5 Å². The molecular weight excluding hydrogens is 382 g/mol. The Balaban J connectivity index is 1.16. The van der Waals surface area contributed by atoms with E-state index in [9.17, 15) is 9.59 Å². The summed E-state index contributed by atoms with van der Waals surface area (Å²) < 4.78 is 10.8. The van der Waals surface area contributed by atoms with E-state index in [1.54, 1.807) is 0 Å². The number of hydrogen-bond acceptors (Lipinski definition) is 6. The number of imide groups is 1. The van der Waals surface area contributed by atoms with E-state index < -0.39 is 0 Å². The summed E-state index contributed by atoms with van der Waals surface area (Å²) in [6.07, 6.45) is 0.286. The molecule has 2 fully saturated rings. The molecule has 3 aliphatic heterocycles. The highest BCUT2D eigenvalue weighted by molar-refractivity contribution is 6.05. The minimum Gasteiger partial charge on any atom is -0.454 e. The summed E-state index contributed by atoms with van der Waals surface area (Å²) in [7, 11) is 0. The van der Waals surface area contributed by atoms with Gasteiger partial charge in [0.2, 0.25) is 18.6 Å². The van der Waals surface area contributed by atoms with Gasteiger partial charge in [0.05, 0.1) is 19.0 Å². The maximum atomic E-state index is 12.9. The van der Waals surface area contributed by atoms with Crippen LogP contribution in [0.1, 0.15) is 17.5 Å². The van der Waals surface area contributed by atoms with Gasteiger partial charge in [0.1, 0.15) is 0 Å². The van der Waals surface area contributed by atoms with Crippen LogP contribution in [0.5, 0.6) is 11.5 Å². The zero-order valence-electron chi connectivity index (χ0n) is 16.8. The molecule has 2 saturated heterocycles. The SMILES string of the molecule is O=C1C[C@@H](N2CCN(Cc3ccc4c(c3)OCO4)CC2)C(=O)N1Cc1ccccc1. The Morgan fingerprint density at radius 1 is 0.833 bits per heavy atom.